The average molecular weight is 234 g/mol. The SMILES string of the molecule is CC(Cc1cccs1)Nc1ccc(N)nn1. The predicted octanol–water partition coefficient (Wildman–Crippen LogP) is 2.16. The number of thiophene rings is 1. The summed E-state index contributed by atoms with van der Waals surface area (Å²) in [7, 11) is 0. The Kier molecular flexibility index (Phi) is 3.36. The van der Waals surface area contributed by atoms with Crippen LogP contribution in [0, 0.1) is 0 Å². The van der Waals surface area contributed by atoms with E-state index in [9.17, 15) is 0 Å². The zero-order valence-corrected chi connectivity index (χ0v) is 9.87. The smallest absolute Gasteiger partial charge is 0.149 e. The lowest BCUT2D eigenvalue weighted by molar-refractivity contribution is 0.789. The molecule has 1 unspecified atom stereocenters. The lowest BCUT2D eigenvalue weighted by Crippen LogP contribution is -2.18. The Morgan fingerprint density at radius 2 is 2.25 bits per heavy atom. The number of nitrogens with zero attached hydrogens (tertiary/aromatic N) is 2. The van der Waals surface area contributed by atoms with Gasteiger partial charge >= 0.3 is 0 Å². The lowest BCUT2D eigenvalue weighted by Gasteiger charge is -2.12. The zero-order valence-electron chi connectivity index (χ0n) is 9.05. The van der Waals surface area contributed by atoms with Gasteiger partial charge in [-0.05, 0) is 30.5 Å². The van der Waals surface area contributed by atoms with Crippen LogP contribution in [0.15, 0.2) is 29.6 Å². The number of hydrogen-bond donors (Lipinski definition) is 2. The van der Waals surface area contributed by atoms with Gasteiger partial charge in [0.1, 0.15) is 11.6 Å². The standard InChI is InChI=1S/C11H14N4S/c1-8(7-9-3-2-6-16-9)13-11-5-4-10(12)14-15-11/h2-6,8H,7H2,1H3,(H2,12,14)(H,13,15). The molecule has 0 aliphatic carbocycles. The molecule has 0 aromatic carbocycles. The van der Waals surface area contributed by atoms with E-state index in [0.29, 0.717) is 11.9 Å². The van der Waals surface area contributed by atoms with E-state index in [1.807, 2.05) is 6.07 Å². The van der Waals surface area contributed by atoms with E-state index in [-0.39, 0.29) is 0 Å². The maximum absolute atomic E-state index is 5.47. The minimum atomic E-state index is 0.330. The van der Waals surface area contributed by atoms with Crippen molar-refractivity contribution >= 4 is 23.0 Å². The molecule has 5 heteroatoms. The van der Waals surface area contributed by atoms with Crippen molar-refractivity contribution in [3.05, 3.63) is 34.5 Å². The summed E-state index contributed by atoms with van der Waals surface area (Å²) < 4.78 is 0. The molecule has 0 amide bonds. The second kappa shape index (κ2) is 4.94. The quantitative estimate of drug-likeness (QED) is 0.851. The molecular formula is C11H14N4S. The van der Waals surface area contributed by atoms with Crippen molar-refractivity contribution in [2.24, 2.45) is 0 Å². The number of nitrogen functional groups attached to an aromatic ring is 1. The van der Waals surface area contributed by atoms with Gasteiger partial charge in [-0.25, -0.2) is 0 Å². The molecule has 0 saturated carbocycles. The molecular weight excluding hydrogens is 220 g/mol. The monoisotopic (exact) mass is 234 g/mol. The fraction of sp³-hybridized carbons (Fsp3) is 0.273. The van der Waals surface area contributed by atoms with Crippen LogP contribution < -0.4 is 11.1 Å². The van der Waals surface area contributed by atoms with Gasteiger partial charge in [-0.15, -0.1) is 21.5 Å². The van der Waals surface area contributed by atoms with Gasteiger partial charge in [-0.2, -0.15) is 0 Å². The largest absolute Gasteiger partial charge is 0.382 e. The summed E-state index contributed by atoms with van der Waals surface area (Å²) >= 11 is 1.77. The van der Waals surface area contributed by atoms with Gasteiger partial charge in [-0.3, -0.25) is 0 Å². The summed E-state index contributed by atoms with van der Waals surface area (Å²) in [6.45, 7) is 2.12. The Balaban J connectivity index is 1.92. The first-order valence-corrected chi connectivity index (χ1v) is 6.00. The van der Waals surface area contributed by atoms with Gasteiger partial charge in [0, 0.05) is 17.3 Å². The van der Waals surface area contributed by atoms with Crippen LogP contribution in [-0.4, -0.2) is 16.2 Å². The number of hydrogen-bond acceptors (Lipinski definition) is 5. The molecule has 2 aromatic heterocycles. The Labute approximate surface area is 98.5 Å². The molecule has 0 radical (unpaired) electrons. The molecule has 4 nitrogen and oxygen atoms in total. The normalized spacial score (nSPS) is 12.3. The van der Waals surface area contributed by atoms with Gasteiger partial charge in [0.15, 0.2) is 0 Å². The Hall–Kier alpha value is -1.62. The third kappa shape index (κ3) is 2.93. The highest BCUT2D eigenvalue weighted by atomic mass is 32.1. The van der Waals surface area contributed by atoms with Gasteiger partial charge in [-0.1, -0.05) is 6.07 Å². The van der Waals surface area contributed by atoms with Crippen LogP contribution in [0.4, 0.5) is 11.6 Å². The van der Waals surface area contributed by atoms with Crippen molar-refractivity contribution < 1.29 is 0 Å². The van der Waals surface area contributed by atoms with Crippen molar-refractivity contribution in [3.8, 4) is 0 Å². The van der Waals surface area contributed by atoms with Gasteiger partial charge in [0.2, 0.25) is 0 Å². The van der Waals surface area contributed by atoms with E-state index in [4.69, 9.17) is 5.73 Å². The molecule has 16 heavy (non-hydrogen) atoms. The van der Waals surface area contributed by atoms with Crippen molar-refractivity contribution in [2.75, 3.05) is 11.1 Å². The maximum atomic E-state index is 5.47. The molecule has 1 atom stereocenters. The number of aromatic nitrogens is 2. The molecule has 0 saturated heterocycles. The van der Waals surface area contributed by atoms with E-state index in [0.717, 1.165) is 12.2 Å². The molecule has 0 aliphatic rings. The summed E-state index contributed by atoms with van der Waals surface area (Å²) in [6.07, 6.45) is 0.990. The van der Waals surface area contributed by atoms with Crippen molar-refractivity contribution in [1.29, 1.82) is 0 Å². The lowest BCUT2D eigenvalue weighted by atomic mass is 10.2. The summed E-state index contributed by atoms with van der Waals surface area (Å²) in [4.78, 5) is 1.36. The Morgan fingerprint density at radius 3 is 2.88 bits per heavy atom. The highest BCUT2D eigenvalue weighted by molar-refractivity contribution is 7.09. The molecule has 2 heterocycles. The second-order valence-electron chi connectivity index (χ2n) is 3.67. The first-order valence-electron chi connectivity index (χ1n) is 5.12. The summed E-state index contributed by atoms with van der Waals surface area (Å²) in [6, 6.07) is 8.12. The van der Waals surface area contributed by atoms with Crippen molar-refractivity contribution in [2.45, 2.75) is 19.4 Å². The average Bonchev–Trinajstić information content (AvgIpc) is 2.74. The van der Waals surface area contributed by atoms with Crippen LogP contribution in [-0.2, 0) is 6.42 Å². The summed E-state index contributed by atoms with van der Waals surface area (Å²) in [5.41, 5.74) is 5.47. The van der Waals surface area contributed by atoms with E-state index in [2.05, 4.69) is 40.0 Å². The topological polar surface area (TPSA) is 63.8 Å². The van der Waals surface area contributed by atoms with Gasteiger partial charge < -0.3 is 11.1 Å². The first-order chi connectivity index (χ1) is 7.74. The minimum Gasteiger partial charge on any atom is -0.382 e. The van der Waals surface area contributed by atoms with E-state index < -0.39 is 0 Å². The molecule has 2 aromatic rings. The molecule has 0 spiro atoms. The molecule has 84 valence electrons. The van der Waals surface area contributed by atoms with Crippen molar-refractivity contribution in [1.82, 2.24) is 10.2 Å². The molecule has 0 fully saturated rings. The molecule has 3 N–H and O–H groups in total. The third-order valence-corrected chi connectivity index (χ3v) is 3.07. The van der Waals surface area contributed by atoms with E-state index >= 15 is 0 Å². The number of rotatable bonds is 4. The fourth-order valence-electron chi connectivity index (χ4n) is 1.45. The number of nitrogens with one attached hydrogen (secondary N) is 1. The highest BCUT2D eigenvalue weighted by Gasteiger charge is 2.05. The molecule has 2 rings (SSSR count). The summed E-state index contributed by atoms with van der Waals surface area (Å²) in [5.74, 6) is 1.20. The molecule has 0 bridgehead atoms. The number of anilines is 2. The van der Waals surface area contributed by atoms with Crippen LogP contribution in [0.25, 0.3) is 0 Å². The van der Waals surface area contributed by atoms with Gasteiger partial charge in [0.25, 0.3) is 0 Å². The second-order valence-corrected chi connectivity index (χ2v) is 4.70. The first kappa shape index (κ1) is 10.9. The van der Waals surface area contributed by atoms with Crippen molar-refractivity contribution in [3.63, 3.8) is 0 Å². The Morgan fingerprint density at radius 1 is 1.38 bits per heavy atom. The zero-order chi connectivity index (χ0) is 11.4. The van der Waals surface area contributed by atoms with Crippen LogP contribution in [0.5, 0.6) is 0 Å². The predicted molar refractivity (Wildman–Crippen MR) is 67.6 cm³/mol. The summed E-state index contributed by atoms with van der Waals surface area (Å²) in [5, 5.41) is 13.1. The van der Waals surface area contributed by atoms with E-state index in [1.165, 1.54) is 4.88 Å². The maximum Gasteiger partial charge on any atom is 0.149 e. The highest BCUT2D eigenvalue weighted by Crippen LogP contribution is 2.13. The fourth-order valence-corrected chi connectivity index (χ4v) is 2.29. The van der Waals surface area contributed by atoms with E-state index in [1.54, 1.807) is 17.4 Å². The van der Waals surface area contributed by atoms with Crippen LogP contribution >= 0.6 is 11.3 Å². The Bertz CT molecular complexity index is 424. The van der Waals surface area contributed by atoms with Crippen LogP contribution in [0.1, 0.15) is 11.8 Å². The third-order valence-electron chi connectivity index (χ3n) is 2.17. The molecule has 0 aliphatic heterocycles. The van der Waals surface area contributed by atoms with Crippen LogP contribution in [0.3, 0.4) is 0 Å². The number of nitrogens with two attached hydrogens (primary N) is 1. The van der Waals surface area contributed by atoms with Crippen LogP contribution in [0.2, 0.25) is 0 Å². The van der Waals surface area contributed by atoms with Gasteiger partial charge in [0.05, 0.1) is 0 Å². The minimum absolute atomic E-state index is 0.330.